The Kier molecular flexibility index (Phi) is 5.62. The van der Waals surface area contributed by atoms with Crippen LogP contribution in [-0.4, -0.2) is 74.1 Å². The van der Waals surface area contributed by atoms with Crippen LogP contribution in [0.3, 0.4) is 0 Å². The topological polar surface area (TPSA) is 57.2 Å². The van der Waals surface area contributed by atoms with Gasteiger partial charge in [-0.2, -0.15) is 0 Å². The molecule has 4 rings (SSSR count). The summed E-state index contributed by atoms with van der Waals surface area (Å²) < 4.78 is 5.54. The van der Waals surface area contributed by atoms with Crippen LogP contribution in [-0.2, 0) is 9.53 Å². The van der Waals surface area contributed by atoms with Gasteiger partial charge in [0.05, 0.1) is 0 Å². The lowest BCUT2D eigenvalue weighted by molar-refractivity contribution is -0.142. The molecule has 3 atom stereocenters. The minimum absolute atomic E-state index is 0.166. The normalized spacial score (nSPS) is 28.3. The Morgan fingerprint density at radius 2 is 1.93 bits per heavy atom. The molecule has 1 saturated carbocycles. The molecule has 0 spiro atoms. The van der Waals surface area contributed by atoms with Crippen molar-refractivity contribution in [2.24, 2.45) is 10.9 Å². The van der Waals surface area contributed by atoms with E-state index in [1.807, 2.05) is 11.9 Å². The summed E-state index contributed by atoms with van der Waals surface area (Å²) >= 11 is 0. The first-order chi connectivity index (χ1) is 13.3. The Bertz CT molecular complexity index is 664. The van der Waals surface area contributed by atoms with Crippen molar-refractivity contribution in [3.8, 4) is 0 Å². The summed E-state index contributed by atoms with van der Waals surface area (Å²) in [6, 6.07) is 10.8. The summed E-state index contributed by atoms with van der Waals surface area (Å²) in [5.41, 5.74) is 1.44. The van der Waals surface area contributed by atoms with Gasteiger partial charge in [-0.1, -0.05) is 30.3 Å². The zero-order chi connectivity index (χ0) is 18.6. The van der Waals surface area contributed by atoms with E-state index >= 15 is 0 Å². The number of rotatable bonds is 4. The Balaban J connectivity index is 1.22. The lowest BCUT2D eigenvalue weighted by Crippen LogP contribution is -2.55. The minimum atomic E-state index is -0.209. The maximum absolute atomic E-state index is 12.5. The van der Waals surface area contributed by atoms with E-state index in [9.17, 15) is 4.79 Å². The van der Waals surface area contributed by atoms with Gasteiger partial charge in [0, 0.05) is 46.4 Å². The molecule has 1 amide bonds. The zero-order valence-electron chi connectivity index (χ0n) is 16.1. The number of hydrogen-bond donors (Lipinski definition) is 1. The van der Waals surface area contributed by atoms with Crippen molar-refractivity contribution in [2.45, 2.75) is 31.3 Å². The van der Waals surface area contributed by atoms with E-state index in [1.165, 1.54) is 12.0 Å². The van der Waals surface area contributed by atoms with Gasteiger partial charge >= 0.3 is 0 Å². The van der Waals surface area contributed by atoms with Crippen LogP contribution in [0, 0.1) is 5.92 Å². The monoisotopic (exact) mass is 370 g/mol. The second-order valence-corrected chi connectivity index (χ2v) is 7.76. The van der Waals surface area contributed by atoms with Crippen molar-refractivity contribution < 1.29 is 9.53 Å². The highest BCUT2D eigenvalue weighted by Crippen LogP contribution is 2.46. The number of benzene rings is 1. The minimum Gasteiger partial charge on any atom is -0.368 e. The van der Waals surface area contributed by atoms with Crippen LogP contribution < -0.4 is 5.32 Å². The zero-order valence-corrected chi connectivity index (χ0v) is 16.1. The number of guanidine groups is 1. The highest BCUT2D eigenvalue weighted by Gasteiger charge is 2.38. The van der Waals surface area contributed by atoms with Crippen LogP contribution in [0.15, 0.2) is 35.3 Å². The molecule has 3 unspecified atom stereocenters. The summed E-state index contributed by atoms with van der Waals surface area (Å²) in [6.07, 6.45) is 2.90. The van der Waals surface area contributed by atoms with Gasteiger partial charge in [-0.3, -0.25) is 9.79 Å². The van der Waals surface area contributed by atoms with Gasteiger partial charge in [0.25, 0.3) is 5.91 Å². The largest absolute Gasteiger partial charge is 0.368 e. The van der Waals surface area contributed by atoms with Gasteiger partial charge in [-0.05, 0) is 36.7 Å². The molecule has 1 aliphatic carbocycles. The lowest BCUT2D eigenvalue weighted by atomic mass is 10.1. The molecule has 2 aliphatic heterocycles. The number of carbonyl (C=O) groups excluding carboxylic acids is 1. The summed E-state index contributed by atoms with van der Waals surface area (Å²) in [5, 5.41) is 3.55. The molecule has 3 aliphatic rings. The molecule has 27 heavy (non-hydrogen) atoms. The summed E-state index contributed by atoms with van der Waals surface area (Å²) in [6.45, 7) is 4.82. The number of piperazine rings is 1. The smallest absolute Gasteiger partial charge is 0.251 e. The van der Waals surface area contributed by atoms with Crippen molar-refractivity contribution in [1.29, 1.82) is 0 Å². The van der Waals surface area contributed by atoms with E-state index in [4.69, 9.17) is 4.74 Å². The molecule has 0 aromatic heterocycles. The molecule has 0 radical (unpaired) electrons. The van der Waals surface area contributed by atoms with E-state index in [0.29, 0.717) is 11.8 Å². The predicted molar refractivity (Wildman–Crippen MR) is 106 cm³/mol. The molecule has 6 heteroatoms. The highest BCUT2D eigenvalue weighted by molar-refractivity contribution is 5.82. The number of hydrogen-bond acceptors (Lipinski definition) is 3. The third-order valence-corrected chi connectivity index (χ3v) is 5.98. The van der Waals surface area contributed by atoms with Gasteiger partial charge < -0.3 is 19.9 Å². The van der Waals surface area contributed by atoms with Crippen molar-refractivity contribution in [3.63, 3.8) is 0 Å². The van der Waals surface area contributed by atoms with Gasteiger partial charge in [0.15, 0.2) is 5.96 Å². The first-order valence-electron chi connectivity index (χ1n) is 10.2. The highest BCUT2D eigenvalue weighted by atomic mass is 16.5. The first-order valence-corrected chi connectivity index (χ1v) is 10.2. The van der Waals surface area contributed by atoms with Crippen LogP contribution in [0.1, 0.15) is 30.7 Å². The molecule has 0 bridgehead atoms. The average Bonchev–Trinajstić information content (AvgIpc) is 3.29. The number of nitrogens with zero attached hydrogens (tertiary/aromatic N) is 3. The molecule has 3 fully saturated rings. The van der Waals surface area contributed by atoms with Crippen LogP contribution >= 0.6 is 0 Å². The van der Waals surface area contributed by atoms with E-state index in [-0.39, 0.29) is 12.0 Å². The standard InChI is InChI=1S/C21H30N4O2/c1-22-21(23-15-17-14-18(17)16-6-3-2-4-7-16)25-11-9-24(10-12-25)20(26)19-8-5-13-27-19/h2-4,6-7,17-19H,5,8-15H2,1H3,(H,22,23). The average molecular weight is 370 g/mol. The molecule has 6 nitrogen and oxygen atoms in total. The summed E-state index contributed by atoms with van der Waals surface area (Å²) in [5.74, 6) is 2.49. The quantitative estimate of drug-likeness (QED) is 0.647. The van der Waals surface area contributed by atoms with Gasteiger partial charge in [0.2, 0.25) is 0 Å². The van der Waals surface area contributed by atoms with Crippen LogP contribution in [0.2, 0.25) is 0 Å². The van der Waals surface area contributed by atoms with E-state index < -0.39 is 0 Å². The third-order valence-electron chi connectivity index (χ3n) is 5.98. The Morgan fingerprint density at radius 1 is 1.19 bits per heavy atom. The number of carbonyl (C=O) groups is 1. The van der Waals surface area contributed by atoms with Crippen molar-refractivity contribution in [3.05, 3.63) is 35.9 Å². The lowest BCUT2D eigenvalue weighted by Gasteiger charge is -2.37. The Morgan fingerprint density at radius 3 is 2.59 bits per heavy atom. The van der Waals surface area contributed by atoms with Crippen molar-refractivity contribution >= 4 is 11.9 Å². The molecule has 1 aromatic rings. The van der Waals surface area contributed by atoms with Gasteiger partial charge in [-0.15, -0.1) is 0 Å². The number of nitrogens with one attached hydrogen (secondary N) is 1. The van der Waals surface area contributed by atoms with E-state index in [0.717, 1.165) is 58.1 Å². The fraction of sp³-hybridized carbons (Fsp3) is 0.619. The number of amides is 1. The van der Waals surface area contributed by atoms with Crippen molar-refractivity contribution in [2.75, 3.05) is 46.4 Å². The van der Waals surface area contributed by atoms with Crippen LogP contribution in [0.5, 0.6) is 0 Å². The second kappa shape index (κ2) is 8.30. The maximum Gasteiger partial charge on any atom is 0.251 e. The Hall–Kier alpha value is -2.08. The third kappa shape index (κ3) is 4.26. The summed E-state index contributed by atoms with van der Waals surface area (Å²) in [7, 11) is 1.84. The molecule has 146 valence electrons. The second-order valence-electron chi connectivity index (χ2n) is 7.76. The van der Waals surface area contributed by atoms with Crippen LogP contribution in [0.25, 0.3) is 0 Å². The maximum atomic E-state index is 12.5. The number of ether oxygens (including phenoxy) is 1. The summed E-state index contributed by atoms with van der Waals surface area (Å²) in [4.78, 5) is 21.2. The van der Waals surface area contributed by atoms with Crippen molar-refractivity contribution in [1.82, 2.24) is 15.1 Å². The molecule has 1 aromatic carbocycles. The van der Waals surface area contributed by atoms with Gasteiger partial charge in [0.1, 0.15) is 6.10 Å². The molecule has 2 heterocycles. The SMILES string of the molecule is CN=C(NCC1CC1c1ccccc1)N1CCN(C(=O)C2CCCO2)CC1. The predicted octanol–water partition coefficient (Wildman–Crippen LogP) is 1.69. The molecule has 2 saturated heterocycles. The Labute approximate surface area is 161 Å². The first kappa shape index (κ1) is 18.3. The molecular formula is C21H30N4O2. The van der Waals surface area contributed by atoms with Gasteiger partial charge in [-0.25, -0.2) is 0 Å². The van der Waals surface area contributed by atoms with E-state index in [2.05, 4.69) is 45.5 Å². The fourth-order valence-electron chi connectivity index (χ4n) is 4.25. The van der Waals surface area contributed by atoms with E-state index in [1.54, 1.807) is 0 Å². The molecular weight excluding hydrogens is 340 g/mol. The molecule has 1 N–H and O–H groups in total. The van der Waals surface area contributed by atoms with Crippen LogP contribution in [0.4, 0.5) is 0 Å². The number of aliphatic imine (C=N–C) groups is 1. The fourth-order valence-corrected chi connectivity index (χ4v) is 4.25.